The average molecular weight is 321 g/mol. The highest BCUT2D eigenvalue weighted by molar-refractivity contribution is 9.09. The number of hydrogen-bond acceptors (Lipinski definition) is 1. The summed E-state index contributed by atoms with van der Waals surface area (Å²) in [5.74, 6) is 1.19. The van der Waals surface area contributed by atoms with Gasteiger partial charge in [0.05, 0.1) is 11.0 Å². The molecule has 0 unspecified atom stereocenters. The second-order valence-electron chi connectivity index (χ2n) is 4.87. The molecule has 0 fully saturated rings. The lowest BCUT2D eigenvalue weighted by Gasteiger charge is -2.08. The number of allylic oxidation sites excluding steroid dienone is 2. The molecule has 0 N–H and O–H groups in total. The summed E-state index contributed by atoms with van der Waals surface area (Å²) < 4.78 is 2.36. The summed E-state index contributed by atoms with van der Waals surface area (Å²) in [7, 11) is 0. The fourth-order valence-corrected chi connectivity index (χ4v) is 2.58. The quantitative estimate of drug-likeness (QED) is 0.556. The lowest BCUT2D eigenvalue weighted by Crippen LogP contribution is -2.04. The van der Waals surface area contributed by atoms with E-state index in [2.05, 4.69) is 64.7 Å². The molecule has 0 amide bonds. The Bertz CT molecular complexity index is 569. The first kappa shape index (κ1) is 14.3. The van der Waals surface area contributed by atoms with Gasteiger partial charge < -0.3 is 4.57 Å². The molecule has 0 aliphatic heterocycles. The molecule has 2 nitrogen and oxygen atoms in total. The lowest BCUT2D eigenvalue weighted by atomic mass is 10.2. The van der Waals surface area contributed by atoms with Crippen LogP contribution in [-0.2, 0) is 13.0 Å². The van der Waals surface area contributed by atoms with Crippen molar-refractivity contribution in [3.8, 4) is 0 Å². The maximum Gasteiger partial charge on any atom is 0.113 e. The number of halogens is 1. The van der Waals surface area contributed by atoms with Gasteiger partial charge in [0.2, 0.25) is 0 Å². The van der Waals surface area contributed by atoms with E-state index >= 15 is 0 Å². The molecule has 1 heterocycles. The van der Waals surface area contributed by atoms with Crippen molar-refractivity contribution in [2.75, 3.05) is 5.33 Å². The molecular weight excluding hydrogens is 300 g/mol. The van der Waals surface area contributed by atoms with Gasteiger partial charge >= 0.3 is 0 Å². The molecule has 0 spiro atoms. The highest BCUT2D eigenvalue weighted by atomic mass is 79.9. The molecule has 0 saturated carbocycles. The number of benzene rings is 1. The van der Waals surface area contributed by atoms with E-state index in [1.165, 1.54) is 16.9 Å². The van der Waals surface area contributed by atoms with E-state index in [4.69, 9.17) is 4.98 Å². The molecule has 0 radical (unpaired) electrons. The Labute approximate surface area is 123 Å². The number of alkyl halides is 1. The molecule has 0 aliphatic carbocycles. The van der Waals surface area contributed by atoms with Gasteiger partial charge in [-0.2, -0.15) is 0 Å². The van der Waals surface area contributed by atoms with Crippen molar-refractivity contribution in [1.82, 2.24) is 9.55 Å². The van der Waals surface area contributed by atoms with Crippen molar-refractivity contribution in [3.63, 3.8) is 0 Å². The monoisotopic (exact) mass is 320 g/mol. The third-order valence-electron chi connectivity index (χ3n) is 3.22. The molecule has 1 aromatic carbocycles. The van der Waals surface area contributed by atoms with Crippen molar-refractivity contribution in [1.29, 1.82) is 0 Å². The Morgan fingerprint density at radius 3 is 2.89 bits per heavy atom. The van der Waals surface area contributed by atoms with E-state index in [9.17, 15) is 0 Å². The fourth-order valence-electron chi connectivity index (χ4n) is 2.36. The molecule has 3 heteroatoms. The third kappa shape index (κ3) is 3.47. The third-order valence-corrected chi connectivity index (χ3v) is 3.68. The van der Waals surface area contributed by atoms with Crippen LogP contribution in [-0.4, -0.2) is 14.9 Å². The second kappa shape index (κ2) is 6.90. The maximum atomic E-state index is 4.79. The first-order valence-electron chi connectivity index (χ1n) is 6.92. The summed E-state index contributed by atoms with van der Waals surface area (Å²) in [4.78, 5) is 4.79. The van der Waals surface area contributed by atoms with Crippen LogP contribution in [0.1, 0.15) is 32.5 Å². The summed E-state index contributed by atoms with van der Waals surface area (Å²) in [5.41, 5.74) is 3.76. The predicted molar refractivity (Wildman–Crippen MR) is 85.9 cm³/mol. The van der Waals surface area contributed by atoms with Crippen LogP contribution in [0.25, 0.3) is 11.0 Å². The van der Waals surface area contributed by atoms with Gasteiger partial charge in [0.25, 0.3) is 0 Å². The van der Waals surface area contributed by atoms with Gasteiger partial charge in [-0.1, -0.05) is 46.6 Å². The Kier molecular flexibility index (Phi) is 5.20. The number of aromatic nitrogens is 2. The first-order chi connectivity index (χ1) is 9.26. The van der Waals surface area contributed by atoms with E-state index in [1.807, 2.05) is 0 Å². The number of fused-ring (bicyclic) bond motifs is 1. The van der Waals surface area contributed by atoms with Crippen LogP contribution in [0.4, 0.5) is 0 Å². The minimum atomic E-state index is 0.946. The van der Waals surface area contributed by atoms with Crippen molar-refractivity contribution in [3.05, 3.63) is 41.7 Å². The largest absolute Gasteiger partial charge is 0.328 e. The van der Waals surface area contributed by atoms with Gasteiger partial charge in [0.15, 0.2) is 0 Å². The van der Waals surface area contributed by atoms with Crippen LogP contribution in [0, 0.1) is 0 Å². The highest BCUT2D eigenvalue weighted by Gasteiger charge is 2.09. The molecule has 102 valence electrons. The zero-order chi connectivity index (χ0) is 13.7. The van der Waals surface area contributed by atoms with Crippen LogP contribution in [0.15, 0.2) is 35.9 Å². The van der Waals surface area contributed by atoms with E-state index in [1.54, 1.807) is 0 Å². The van der Waals surface area contributed by atoms with Gasteiger partial charge in [-0.15, -0.1) is 0 Å². The van der Waals surface area contributed by atoms with E-state index in [-0.39, 0.29) is 0 Å². The van der Waals surface area contributed by atoms with Crippen molar-refractivity contribution in [2.45, 2.75) is 39.7 Å². The molecule has 0 aliphatic rings. The van der Waals surface area contributed by atoms with Crippen molar-refractivity contribution < 1.29 is 0 Å². The minimum absolute atomic E-state index is 0.946. The second-order valence-corrected chi connectivity index (χ2v) is 5.67. The predicted octanol–water partition coefficient (Wildman–Crippen LogP) is 4.72. The summed E-state index contributed by atoms with van der Waals surface area (Å²) in [6, 6.07) is 8.41. The van der Waals surface area contributed by atoms with Gasteiger partial charge in [-0.3, -0.25) is 0 Å². The topological polar surface area (TPSA) is 17.8 Å². The Balaban J connectivity index is 2.33. The number of rotatable bonds is 6. The molecule has 1 aromatic heterocycles. The highest BCUT2D eigenvalue weighted by Crippen LogP contribution is 2.19. The lowest BCUT2D eigenvalue weighted by molar-refractivity contribution is 0.662. The molecule has 0 atom stereocenters. The Morgan fingerprint density at radius 1 is 1.37 bits per heavy atom. The van der Waals surface area contributed by atoms with Gasteiger partial charge in [0.1, 0.15) is 5.82 Å². The molecular formula is C16H21BrN2. The normalized spacial score (nSPS) is 12.3. The average Bonchev–Trinajstić information content (AvgIpc) is 2.75. The van der Waals surface area contributed by atoms with Crippen LogP contribution in [0.2, 0.25) is 0 Å². The standard InChI is InChI=1S/C16H21BrN2/c1-3-11-19-15-9-5-4-8-14(15)18-16(19)12-13(2)7-6-10-17/h4-5,7-9H,3,6,10-12H2,1-2H3. The van der Waals surface area contributed by atoms with E-state index < -0.39 is 0 Å². The van der Waals surface area contributed by atoms with Crippen LogP contribution >= 0.6 is 15.9 Å². The van der Waals surface area contributed by atoms with Crippen LogP contribution in [0.3, 0.4) is 0 Å². The molecule has 0 bridgehead atoms. The first-order valence-corrected chi connectivity index (χ1v) is 8.04. The van der Waals surface area contributed by atoms with Gasteiger partial charge in [0, 0.05) is 18.3 Å². The minimum Gasteiger partial charge on any atom is -0.328 e. The maximum absolute atomic E-state index is 4.79. The zero-order valence-electron chi connectivity index (χ0n) is 11.7. The Morgan fingerprint density at radius 2 is 2.16 bits per heavy atom. The van der Waals surface area contributed by atoms with Crippen molar-refractivity contribution in [2.24, 2.45) is 0 Å². The number of nitrogens with zero attached hydrogens (tertiary/aromatic N) is 2. The van der Waals surface area contributed by atoms with E-state index in [0.717, 1.165) is 36.7 Å². The number of aryl methyl sites for hydroxylation is 1. The summed E-state index contributed by atoms with van der Waals surface area (Å²) in [6.07, 6.45) is 5.46. The van der Waals surface area contributed by atoms with Gasteiger partial charge in [-0.25, -0.2) is 4.98 Å². The van der Waals surface area contributed by atoms with Gasteiger partial charge in [-0.05, 0) is 31.9 Å². The smallest absolute Gasteiger partial charge is 0.113 e. The van der Waals surface area contributed by atoms with Crippen molar-refractivity contribution >= 4 is 27.0 Å². The van der Waals surface area contributed by atoms with E-state index in [0.29, 0.717) is 0 Å². The van der Waals surface area contributed by atoms with Crippen LogP contribution in [0.5, 0.6) is 0 Å². The zero-order valence-corrected chi connectivity index (χ0v) is 13.3. The Hall–Kier alpha value is -1.09. The number of hydrogen-bond donors (Lipinski definition) is 0. The summed E-state index contributed by atoms with van der Waals surface area (Å²) in [6.45, 7) is 5.45. The molecule has 0 saturated heterocycles. The molecule has 19 heavy (non-hydrogen) atoms. The summed E-state index contributed by atoms with van der Waals surface area (Å²) in [5, 5.41) is 1.02. The van der Waals surface area contributed by atoms with Crippen LogP contribution < -0.4 is 0 Å². The SMILES string of the molecule is CCCn1c(CC(C)=CCCBr)nc2ccccc21. The molecule has 2 aromatic rings. The molecule has 2 rings (SSSR count). The fraction of sp³-hybridized carbons (Fsp3) is 0.438. The number of para-hydroxylation sites is 2. The summed E-state index contributed by atoms with van der Waals surface area (Å²) >= 11 is 3.47. The number of imidazole rings is 1.